The van der Waals surface area contributed by atoms with Crippen molar-refractivity contribution in [1.82, 2.24) is 0 Å². The molecule has 1 heterocycles. The normalized spacial score (nSPS) is 15.1. The summed E-state index contributed by atoms with van der Waals surface area (Å²) < 4.78 is 5.79. The highest BCUT2D eigenvalue weighted by Gasteiger charge is 2.30. The molecule has 2 aromatic carbocycles. The number of anilines is 1. The second-order valence-electron chi connectivity index (χ2n) is 6.50. The lowest BCUT2D eigenvalue weighted by molar-refractivity contribution is -0.136. The predicted octanol–water partition coefficient (Wildman–Crippen LogP) is 4.05. The maximum Gasteiger partial charge on any atom is 0.305 e. The topological polar surface area (TPSA) is 66.8 Å². The molecule has 0 aromatic heterocycles. The number of nitrogens with zero attached hydrogens (tertiary/aromatic N) is 1. The number of carboxylic acid groups (broad SMARTS) is 1. The molecule has 0 spiro atoms. The molecule has 3 rings (SSSR count). The Kier molecular flexibility index (Phi) is 5.07. The van der Waals surface area contributed by atoms with Crippen molar-refractivity contribution in [3.05, 3.63) is 65.4 Å². The average Bonchev–Trinajstić information content (AvgIpc) is 2.62. The molecule has 26 heavy (non-hydrogen) atoms. The highest BCUT2D eigenvalue weighted by atomic mass is 16.5. The fraction of sp³-hybridized carbons (Fsp3) is 0.238. The van der Waals surface area contributed by atoms with Gasteiger partial charge in [-0.3, -0.25) is 9.59 Å². The van der Waals surface area contributed by atoms with Crippen molar-refractivity contribution in [1.29, 1.82) is 0 Å². The first kappa shape index (κ1) is 17.7. The summed E-state index contributed by atoms with van der Waals surface area (Å²) in [6, 6.07) is 15.1. The molecule has 134 valence electrons. The van der Waals surface area contributed by atoms with Crippen LogP contribution in [0.2, 0.25) is 0 Å². The van der Waals surface area contributed by atoms with Crippen LogP contribution in [0.3, 0.4) is 0 Å². The highest BCUT2D eigenvalue weighted by Crippen LogP contribution is 2.35. The molecule has 5 nitrogen and oxygen atoms in total. The molecule has 0 aliphatic carbocycles. The fourth-order valence-electron chi connectivity index (χ4n) is 2.82. The van der Waals surface area contributed by atoms with E-state index in [-0.39, 0.29) is 24.6 Å². The van der Waals surface area contributed by atoms with Crippen molar-refractivity contribution >= 4 is 23.6 Å². The van der Waals surface area contributed by atoms with Crippen LogP contribution in [0.5, 0.6) is 5.75 Å². The lowest BCUT2D eigenvalue weighted by atomic mass is 10.0. The Balaban J connectivity index is 1.93. The number of para-hydroxylation sites is 2. The van der Waals surface area contributed by atoms with Gasteiger partial charge < -0.3 is 14.7 Å². The van der Waals surface area contributed by atoms with Crippen LogP contribution < -0.4 is 9.64 Å². The van der Waals surface area contributed by atoms with Gasteiger partial charge in [0.05, 0.1) is 12.1 Å². The summed E-state index contributed by atoms with van der Waals surface area (Å²) in [6.45, 7) is 4.34. The predicted molar refractivity (Wildman–Crippen MR) is 100 cm³/mol. The first-order valence-corrected chi connectivity index (χ1v) is 8.58. The Bertz CT molecular complexity index is 853. The second kappa shape index (κ2) is 7.44. The number of aliphatic carboxylic acids is 1. The largest absolute Gasteiger partial charge is 0.481 e. The Morgan fingerprint density at radius 1 is 1.15 bits per heavy atom. The summed E-state index contributed by atoms with van der Waals surface area (Å²) >= 11 is 0. The zero-order valence-electron chi connectivity index (χ0n) is 14.8. The van der Waals surface area contributed by atoms with E-state index in [0.717, 1.165) is 5.56 Å². The van der Waals surface area contributed by atoms with E-state index in [2.05, 4.69) is 13.8 Å². The van der Waals surface area contributed by atoms with Gasteiger partial charge in [-0.25, -0.2) is 0 Å². The Morgan fingerprint density at radius 2 is 1.85 bits per heavy atom. The molecule has 0 fully saturated rings. The Hall–Kier alpha value is -3.08. The highest BCUT2D eigenvalue weighted by molar-refractivity contribution is 6.10. The van der Waals surface area contributed by atoms with E-state index < -0.39 is 5.97 Å². The number of hydrogen-bond donors (Lipinski definition) is 1. The maximum absolute atomic E-state index is 12.8. The number of carbonyl (C=O) groups excluding carboxylic acids is 1. The first-order valence-electron chi connectivity index (χ1n) is 8.58. The number of amides is 1. The number of hydrogen-bond acceptors (Lipinski definition) is 3. The lowest BCUT2D eigenvalue weighted by Gasteiger charge is -2.30. The third-order valence-electron chi connectivity index (χ3n) is 4.28. The van der Waals surface area contributed by atoms with Gasteiger partial charge >= 0.3 is 5.97 Å². The van der Waals surface area contributed by atoms with Crippen molar-refractivity contribution in [3.8, 4) is 5.75 Å². The molecule has 0 saturated carbocycles. The van der Waals surface area contributed by atoms with Gasteiger partial charge in [-0.1, -0.05) is 50.2 Å². The van der Waals surface area contributed by atoms with Crippen LogP contribution in [-0.4, -0.2) is 23.5 Å². The SMILES string of the molecule is CC(C)c1ccc(/C=C2/Oc3ccccc3N(CCC(=O)O)C2=O)cc1. The van der Waals surface area contributed by atoms with E-state index in [1.165, 1.54) is 10.5 Å². The van der Waals surface area contributed by atoms with Gasteiger partial charge in [0.2, 0.25) is 0 Å². The summed E-state index contributed by atoms with van der Waals surface area (Å²) in [7, 11) is 0. The maximum atomic E-state index is 12.8. The van der Waals surface area contributed by atoms with E-state index >= 15 is 0 Å². The molecular formula is C21H21NO4. The van der Waals surface area contributed by atoms with Gasteiger partial charge in [-0.2, -0.15) is 0 Å². The minimum Gasteiger partial charge on any atom is -0.481 e. The van der Waals surface area contributed by atoms with Crippen molar-refractivity contribution < 1.29 is 19.4 Å². The van der Waals surface area contributed by atoms with E-state index in [9.17, 15) is 9.59 Å². The summed E-state index contributed by atoms with van der Waals surface area (Å²) in [6.07, 6.45) is 1.56. The van der Waals surface area contributed by atoms with Gasteiger partial charge in [0.25, 0.3) is 5.91 Å². The average molecular weight is 351 g/mol. The van der Waals surface area contributed by atoms with E-state index in [4.69, 9.17) is 9.84 Å². The summed E-state index contributed by atoms with van der Waals surface area (Å²) in [5.41, 5.74) is 2.66. The van der Waals surface area contributed by atoms with Crippen LogP contribution in [0.1, 0.15) is 37.3 Å². The molecule has 5 heteroatoms. The molecule has 1 aliphatic rings. The third-order valence-corrected chi connectivity index (χ3v) is 4.28. The zero-order valence-corrected chi connectivity index (χ0v) is 14.8. The molecule has 0 atom stereocenters. The van der Waals surface area contributed by atoms with Crippen LogP contribution in [0.25, 0.3) is 6.08 Å². The number of carboxylic acids is 1. The molecular weight excluding hydrogens is 330 g/mol. The third kappa shape index (κ3) is 3.77. The molecule has 1 N–H and O–H groups in total. The molecule has 0 saturated heterocycles. The summed E-state index contributed by atoms with van der Waals surface area (Å²) in [5.74, 6) is -0.119. The number of fused-ring (bicyclic) bond motifs is 1. The zero-order chi connectivity index (χ0) is 18.7. The molecule has 0 bridgehead atoms. The minimum absolute atomic E-state index is 0.0954. The molecule has 1 aliphatic heterocycles. The molecule has 0 unspecified atom stereocenters. The van der Waals surface area contributed by atoms with Crippen molar-refractivity contribution in [2.45, 2.75) is 26.2 Å². The van der Waals surface area contributed by atoms with Crippen LogP contribution in [0.4, 0.5) is 5.69 Å². The van der Waals surface area contributed by atoms with Crippen LogP contribution >= 0.6 is 0 Å². The monoisotopic (exact) mass is 351 g/mol. The summed E-state index contributed by atoms with van der Waals surface area (Å²) in [5, 5.41) is 8.97. The number of benzene rings is 2. The lowest BCUT2D eigenvalue weighted by Crippen LogP contribution is -2.38. The Labute approximate surface area is 152 Å². The number of carbonyl (C=O) groups is 2. The minimum atomic E-state index is -0.948. The second-order valence-corrected chi connectivity index (χ2v) is 6.50. The van der Waals surface area contributed by atoms with Gasteiger partial charge in [-0.05, 0) is 35.3 Å². The number of ether oxygens (including phenoxy) is 1. The number of rotatable bonds is 5. The first-order chi connectivity index (χ1) is 12.5. The van der Waals surface area contributed by atoms with Gasteiger partial charge in [-0.15, -0.1) is 0 Å². The quantitative estimate of drug-likeness (QED) is 0.825. The van der Waals surface area contributed by atoms with Crippen molar-refractivity contribution in [2.75, 3.05) is 11.4 Å². The van der Waals surface area contributed by atoms with E-state index in [1.54, 1.807) is 24.3 Å². The molecule has 0 radical (unpaired) electrons. The van der Waals surface area contributed by atoms with Crippen molar-refractivity contribution in [3.63, 3.8) is 0 Å². The molecule has 2 aromatic rings. The van der Waals surface area contributed by atoms with Gasteiger partial charge in [0.15, 0.2) is 11.5 Å². The molecule has 1 amide bonds. The van der Waals surface area contributed by atoms with Crippen molar-refractivity contribution in [2.24, 2.45) is 0 Å². The van der Waals surface area contributed by atoms with Crippen LogP contribution in [-0.2, 0) is 9.59 Å². The van der Waals surface area contributed by atoms with E-state index in [1.807, 2.05) is 30.3 Å². The Morgan fingerprint density at radius 3 is 2.50 bits per heavy atom. The smallest absolute Gasteiger partial charge is 0.305 e. The van der Waals surface area contributed by atoms with E-state index in [0.29, 0.717) is 17.4 Å². The van der Waals surface area contributed by atoms with Gasteiger partial charge in [0.1, 0.15) is 0 Å². The fourth-order valence-corrected chi connectivity index (χ4v) is 2.82. The standard InChI is InChI=1S/C21H21NO4/c1-14(2)16-9-7-15(8-10-16)13-19-21(25)22(12-11-20(23)24)17-5-3-4-6-18(17)26-19/h3-10,13-14H,11-12H2,1-2H3,(H,23,24)/b19-13+. The van der Waals surface area contributed by atoms with Crippen LogP contribution in [0.15, 0.2) is 54.3 Å². The summed E-state index contributed by atoms with van der Waals surface area (Å²) in [4.78, 5) is 25.2. The van der Waals surface area contributed by atoms with Gasteiger partial charge in [0, 0.05) is 6.54 Å². The van der Waals surface area contributed by atoms with Crippen LogP contribution in [0, 0.1) is 0 Å².